The summed E-state index contributed by atoms with van der Waals surface area (Å²) in [5, 5.41) is 2.73. The number of carbonyl (C=O) groups is 1. The highest BCUT2D eigenvalue weighted by molar-refractivity contribution is 9.10. The van der Waals surface area contributed by atoms with Crippen LogP contribution in [0.15, 0.2) is 22.8 Å². The Morgan fingerprint density at radius 1 is 1.57 bits per heavy atom. The maximum Gasteiger partial charge on any atom is 0.225 e. The molecule has 0 aliphatic rings. The molecule has 0 aliphatic heterocycles. The highest BCUT2D eigenvalue weighted by Gasteiger charge is 2.01. The molecule has 1 heterocycles. The molecule has 0 spiro atoms. The number of hydrogen-bond donors (Lipinski definition) is 1. The number of pyridine rings is 1. The fourth-order valence-corrected chi connectivity index (χ4v) is 1.23. The fourth-order valence-electron chi connectivity index (χ4n) is 0.992. The molecule has 0 fully saturated rings. The van der Waals surface area contributed by atoms with Gasteiger partial charge in [-0.3, -0.25) is 4.79 Å². The summed E-state index contributed by atoms with van der Waals surface area (Å²) in [6.45, 7) is 2.06. The van der Waals surface area contributed by atoms with Gasteiger partial charge >= 0.3 is 0 Å². The fraction of sp³-hybridized carbons (Fsp3) is 0.400. The van der Waals surface area contributed by atoms with E-state index in [1.54, 1.807) is 12.3 Å². The zero-order valence-electron chi connectivity index (χ0n) is 8.09. The van der Waals surface area contributed by atoms with Crippen LogP contribution in [-0.2, 0) is 4.79 Å². The van der Waals surface area contributed by atoms with Crippen molar-refractivity contribution in [3.63, 3.8) is 0 Å². The largest absolute Gasteiger partial charge is 0.311 e. The van der Waals surface area contributed by atoms with Gasteiger partial charge in [0.15, 0.2) is 0 Å². The number of aromatic nitrogens is 1. The van der Waals surface area contributed by atoms with Crippen molar-refractivity contribution in [1.82, 2.24) is 4.98 Å². The number of rotatable bonds is 4. The van der Waals surface area contributed by atoms with Gasteiger partial charge in [0, 0.05) is 17.1 Å². The van der Waals surface area contributed by atoms with Gasteiger partial charge in [0.1, 0.15) is 5.82 Å². The lowest BCUT2D eigenvalue weighted by Gasteiger charge is -2.02. The highest BCUT2D eigenvalue weighted by atomic mass is 79.9. The van der Waals surface area contributed by atoms with Crippen molar-refractivity contribution in [2.75, 3.05) is 5.32 Å². The molecule has 14 heavy (non-hydrogen) atoms. The molecule has 0 aliphatic carbocycles. The van der Waals surface area contributed by atoms with Gasteiger partial charge in [0.25, 0.3) is 0 Å². The third kappa shape index (κ3) is 3.87. The van der Waals surface area contributed by atoms with Crippen molar-refractivity contribution in [2.45, 2.75) is 26.2 Å². The topological polar surface area (TPSA) is 42.0 Å². The summed E-state index contributed by atoms with van der Waals surface area (Å²) in [6, 6.07) is 3.62. The molecular formula is C10H13BrN2O. The van der Waals surface area contributed by atoms with Crippen molar-refractivity contribution in [1.29, 1.82) is 0 Å². The van der Waals surface area contributed by atoms with Crippen LogP contribution < -0.4 is 5.32 Å². The number of amides is 1. The van der Waals surface area contributed by atoms with E-state index < -0.39 is 0 Å². The number of unbranched alkanes of at least 4 members (excludes halogenated alkanes) is 1. The molecule has 1 aromatic rings. The second kappa shape index (κ2) is 5.75. The Labute approximate surface area is 92.1 Å². The molecule has 4 heteroatoms. The second-order valence-corrected chi connectivity index (χ2v) is 3.93. The first-order valence-electron chi connectivity index (χ1n) is 4.63. The molecule has 0 unspecified atom stereocenters. The summed E-state index contributed by atoms with van der Waals surface area (Å²) < 4.78 is 0.907. The number of nitrogens with one attached hydrogen (secondary N) is 1. The number of anilines is 1. The van der Waals surface area contributed by atoms with Crippen molar-refractivity contribution in [2.24, 2.45) is 0 Å². The van der Waals surface area contributed by atoms with Crippen LogP contribution in [0.25, 0.3) is 0 Å². The van der Waals surface area contributed by atoms with Crippen LogP contribution in [-0.4, -0.2) is 10.9 Å². The summed E-state index contributed by atoms with van der Waals surface area (Å²) >= 11 is 3.28. The van der Waals surface area contributed by atoms with Gasteiger partial charge in [-0.2, -0.15) is 0 Å². The molecular weight excluding hydrogens is 244 g/mol. The van der Waals surface area contributed by atoms with Gasteiger partial charge in [0.05, 0.1) is 0 Å². The molecule has 1 N–H and O–H groups in total. The normalized spacial score (nSPS) is 9.86. The van der Waals surface area contributed by atoms with Crippen LogP contribution in [0.5, 0.6) is 0 Å². The summed E-state index contributed by atoms with van der Waals surface area (Å²) in [4.78, 5) is 15.3. The SMILES string of the molecule is CCCCC(=O)Nc1ccc(Br)cn1. The predicted molar refractivity (Wildman–Crippen MR) is 60.1 cm³/mol. The average Bonchev–Trinajstić information content (AvgIpc) is 2.18. The molecule has 0 aromatic carbocycles. The van der Waals surface area contributed by atoms with Crippen LogP contribution in [0.4, 0.5) is 5.82 Å². The number of hydrogen-bond acceptors (Lipinski definition) is 2. The molecule has 0 atom stereocenters. The minimum Gasteiger partial charge on any atom is -0.311 e. The van der Waals surface area contributed by atoms with E-state index in [9.17, 15) is 4.79 Å². The monoisotopic (exact) mass is 256 g/mol. The molecule has 3 nitrogen and oxygen atoms in total. The van der Waals surface area contributed by atoms with Crippen molar-refractivity contribution < 1.29 is 4.79 Å². The molecule has 1 rings (SSSR count). The molecule has 0 radical (unpaired) electrons. The Hall–Kier alpha value is -0.900. The lowest BCUT2D eigenvalue weighted by atomic mass is 10.2. The lowest BCUT2D eigenvalue weighted by Crippen LogP contribution is -2.11. The maximum atomic E-state index is 11.3. The Bertz CT molecular complexity index is 297. The molecule has 1 aromatic heterocycles. The van der Waals surface area contributed by atoms with E-state index in [-0.39, 0.29) is 5.91 Å². The summed E-state index contributed by atoms with van der Waals surface area (Å²) in [7, 11) is 0. The van der Waals surface area contributed by atoms with Gasteiger partial charge < -0.3 is 5.32 Å². The van der Waals surface area contributed by atoms with Crippen molar-refractivity contribution in [3.05, 3.63) is 22.8 Å². The van der Waals surface area contributed by atoms with Crippen molar-refractivity contribution in [3.8, 4) is 0 Å². The first-order valence-corrected chi connectivity index (χ1v) is 5.43. The lowest BCUT2D eigenvalue weighted by molar-refractivity contribution is -0.116. The van der Waals surface area contributed by atoms with Crippen molar-refractivity contribution >= 4 is 27.7 Å². The van der Waals surface area contributed by atoms with Crippen LogP contribution in [0.3, 0.4) is 0 Å². The quantitative estimate of drug-likeness (QED) is 0.900. The third-order valence-electron chi connectivity index (χ3n) is 1.75. The zero-order valence-corrected chi connectivity index (χ0v) is 9.67. The average molecular weight is 257 g/mol. The Morgan fingerprint density at radius 2 is 2.36 bits per heavy atom. The van der Waals surface area contributed by atoms with E-state index >= 15 is 0 Å². The molecule has 76 valence electrons. The summed E-state index contributed by atoms with van der Waals surface area (Å²) in [5.41, 5.74) is 0. The van der Waals surface area contributed by atoms with Crippen LogP contribution in [0.1, 0.15) is 26.2 Å². The minimum absolute atomic E-state index is 0.0293. The van der Waals surface area contributed by atoms with E-state index in [0.29, 0.717) is 12.2 Å². The van der Waals surface area contributed by atoms with Crippen LogP contribution in [0, 0.1) is 0 Å². The number of carbonyl (C=O) groups excluding carboxylic acids is 1. The molecule has 0 bridgehead atoms. The standard InChI is InChI=1S/C10H13BrN2O/c1-2-3-4-10(14)13-9-6-5-8(11)7-12-9/h5-7H,2-4H2,1H3,(H,12,13,14). The Balaban J connectivity index is 2.44. The Morgan fingerprint density at radius 3 is 2.93 bits per heavy atom. The number of halogens is 1. The minimum atomic E-state index is 0.0293. The predicted octanol–water partition coefficient (Wildman–Crippen LogP) is 2.97. The smallest absolute Gasteiger partial charge is 0.225 e. The van der Waals surface area contributed by atoms with E-state index in [4.69, 9.17) is 0 Å². The van der Waals surface area contributed by atoms with Gasteiger partial charge in [-0.15, -0.1) is 0 Å². The maximum absolute atomic E-state index is 11.3. The Kier molecular flexibility index (Phi) is 4.59. The van der Waals surface area contributed by atoms with Gasteiger partial charge in [0.2, 0.25) is 5.91 Å². The molecule has 1 amide bonds. The van der Waals surface area contributed by atoms with Gasteiger partial charge in [-0.1, -0.05) is 13.3 Å². The van der Waals surface area contributed by atoms with Crippen LogP contribution >= 0.6 is 15.9 Å². The molecule has 0 saturated carbocycles. The van der Waals surface area contributed by atoms with E-state index in [0.717, 1.165) is 17.3 Å². The van der Waals surface area contributed by atoms with E-state index in [1.165, 1.54) is 0 Å². The highest BCUT2D eigenvalue weighted by Crippen LogP contribution is 2.10. The molecule has 0 saturated heterocycles. The first-order chi connectivity index (χ1) is 6.72. The zero-order chi connectivity index (χ0) is 10.4. The van der Waals surface area contributed by atoms with Gasteiger partial charge in [-0.25, -0.2) is 4.98 Å². The first kappa shape index (κ1) is 11.2. The third-order valence-corrected chi connectivity index (χ3v) is 2.22. The van der Waals surface area contributed by atoms with Gasteiger partial charge in [-0.05, 0) is 34.5 Å². The summed E-state index contributed by atoms with van der Waals surface area (Å²) in [6.07, 6.45) is 4.17. The van der Waals surface area contributed by atoms with E-state index in [2.05, 4.69) is 33.2 Å². The van der Waals surface area contributed by atoms with Crippen LogP contribution in [0.2, 0.25) is 0 Å². The van der Waals surface area contributed by atoms with E-state index in [1.807, 2.05) is 6.07 Å². The summed E-state index contributed by atoms with van der Waals surface area (Å²) in [5.74, 6) is 0.635. The second-order valence-electron chi connectivity index (χ2n) is 3.01. The number of nitrogens with zero attached hydrogens (tertiary/aromatic N) is 1.